The van der Waals surface area contributed by atoms with Gasteiger partial charge < -0.3 is 10.1 Å². The van der Waals surface area contributed by atoms with Gasteiger partial charge in [0, 0.05) is 18.5 Å². The van der Waals surface area contributed by atoms with Crippen molar-refractivity contribution in [3.63, 3.8) is 0 Å². The van der Waals surface area contributed by atoms with Gasteiger partial charge in [-0.15, -0.1) is 11.6 Å². The number of alkyl halides is 1. The average molecular weight is 327 g/mol. The summed E-state index contributed by atoms with van der Waals surface area (Å²) in [5.74, 6) is 0.154. The first-order valence-electron chi connectivity index (χ1n) is 6.82. The molecule has 0 aromatic heterocycles. The van der Waals surface area contributed by atoms with Gasteiger partial charge in [0.2, 0.25) is 15.9 Å². The summed E-state index contributed by atoms with van der Waals surface area (Å²) in [5, 5.41) is 2.74. The minimum absolute atomic E-state index is 0.0190. The number of carbonyl (C=O) groups excluding carboxylic acids is 1. The van der Waals surface area contributed by atoms with Gasteiger partial charge in [0.15, 0.2) is 0 Å². The van der Waals surface area contributed by atoms with Gasteiger partial charge in [-0.1, -0.05) is 0 Å². The van der Waals surface area contributed by atoms with Crippen LogP contribution in [0.5, 0.6) is 0 Å². The molecular weight excluding hydrogens is 304 g/mol. The maximum atomic E-state index is 12.3. The standard InChI is InChI=1S/C12H23ClN2O4S/c1-10(2)14-12(16)11-9-19-7-6-15(11)20(17,18)8-4-3-5-13/h10-11H,3-9H2,1-2H3,(H,14,16). The third-order valence-electron chi connectivity index (χ3n) is 2.96. The molecule has 0 aromatic carbocycles. The second-order valence-electron chi connectivity index (χ2n) is 5.08. The lowest BCUT2D eigenvalue weighted by Gasteiger charge is -2.34. The lowest BCUT2D eigenvalue weighted by Crippen LogP contribution is -2.57. The predicted molar refractivity (Wildman–Crippen MR) is 78.3 cm³/mol. The zero-order valence-electron chi connectivity index (χ0n) is 12.0. The van der Waals surface area contributed by atoms with Crippen LogP contribution in [0.25, 0.3) is 0 Å². The fourth-order valence-corrected chi connectivity index (χ4v) is 3.89. The van der Waals surface area contributed by atoms with E-state index in [1.54, 1.807) is 0 Å². The molecule has 20 heavy (non-hydrogen) atoms. The Morgan fingerprint density at radius 1 is 1.45 bits per heavy atom. The highest BCUT2D eigenvalue weighted by atomic mass is 35.5. The van der Waals surface area contributed by atoms with Gasteiger partial charge >= 0.3 is 0 Å². The normalized spacial score (nSPS) is 21.1. The van der Waals surface area contributed by atoms with Gasteiger partial charge in [-0.3, -0.25) is 4.79 Å². The molecular formula is C12H23ClN2O4S. The number of sulfonamides is 1. The molecule has 1 rings (SSSR count). The Morgan fingerprint density at radius 3 is 2.75 bits per heavy atom. The van der Waals surface area contributed by atoms with E-state index in [-0.39, 0.29) is 30.9 Å². The van der Waals surface area contributed by atoms with Crippen LogP contribution in [0, 0.1) is 0 Å². The average Bonchev–Trinajstić information content (AvgIpc) is 2.38. The quantitative estimate of drug-likeness (QED) is 0.548. The molecule has 1 atom stereocenters. The molecule has 1 aliphatic heterocycles. The Labute approximate surface area is 125 Å². The topological polar surface area (TPSA) is 75.7 Å². The van der Waals surface area contributed by atoms with Gasteiger partial charge in [-0.05, 0) is 26.7 Å². The molecule has 1 saturated heterocycles. The zero-order valence-corrected chi connectivity index (χ0v) is 13.5. The summed E-state index contributed by atoms with van der Waals surface area (Å²) in [7, 11) is -3.45. The van der Waals surface area contributed by atoms with Gasteiger partial charge in [0.1, 0.15) is 6.04 Å². The second-order valence-corrected chi connectivity index (χ2v) is 7.50. The number of halogens is 1. The largest absolute Gasteiger partial charge is 0.378 e. The highest BCUT2D eigenvalue weighted by Gasteiger charge is 2.37. The first-order valence-corrected chi connectivity index (χ1v) is 8.96. The van der Waals surface area contributed by atoms with Crippen LogP contribution >= 0.6 is 11.6 Å². The van der Waals surface area contributed by atoms with E-state index < -0.39 is 16.1 Å². The monoisotopic (exact) mass is 326 g/mol. The van der Waals surface area contributed by atoms with Crippen LogP contribution in [-0.4, -0.2) is 62.1 Å². The molecule has 1 heterocycles. The number of nitrogens with one attached hydrogen (secondary N) is 1. The summed E-state index contributed by atoms with van der Waals surface area (Å²) < 4.78 is 31.1. The molecule has 0 aliphatic carbocycles. The molecule has 1 aliphatic rings. The summed E-state index contributed by atoms with van der Waals surface area (Å²) in [6.07, 6.45) is 1.15. The molecule has 1 unspecified atom stereocenters. The molecule has 1 amide bonds. The van der Waals surface area contributed by atoms with E-state index in [1.807, 2.05) is 13.8 Å². The Balaban J connectivity index is 2.74. The van der Waals surface area contributed by atoms with Crippen molar-refractivity contribution >= 4 is 27.5 Å². The fourth-order valence-electron chi connectivity index (χ4n) is 2.00. The Kier molecular flexibility index (Phi) is 7.22. The fraction of sp³-hybridized carbons (Fsp3) is 0.917. The van der Waals surface area contributed by atoms with E-state index in [1.165, 1.54) is 4.31 Å². The SMILES string of the molecule is CC(C)NC(=O)C1COCCN1S(=O)(=O)CCCCCl. The zero-order chi connectivity index (χ0) is 15.2. The van der Waals surface area contributed by atoms with Crippen LogP contribution in [0.4, 0.5) is 0 Å². The molecule has 118 valence electrons. The summed E-state index contributed by atoms with van der Waals surface area (Å²) in [6, 6.07) is -0.808. The van der Waals surface area contributed by atoms with Gasteiger partial charge in [-0.2, -0.15) is 4.31 Å². The van der Waals surface area contributed by atoms with Crippen molar-refractivity contribution in [3.05, 3.63) is 0 Å². The number of carbonyl (C=O) groups is 1. The lowest BCUT2D eigenvalue weighted by molar-refractivity contribution is -0.129. The molecule has 0 spiro atoms. The highest BCUT2D eigenvalue weighted by molar-refractivity contribution is 7.89. The number of unbranched alkanes of at least 4 members (excludes halogenated alkanes) is 1. The maximum absolute atomic E-state index is 12.3. The van der Waals surface area contributed by atoms with Crippen molar-refractivity contribution < 1.29 is 17.9 Å². The number of hydrogen-bond donors (Lipinski definition) is 1. The van der Waals surface area contributed by atoms with Crippen molar-refractivity contribution in [2.45, 2.75) is 38.8 Å². The van der Waals surface area contributed by atoms with Crippen LogP contribution in [0.2, 0.25) is 0 Å². The maximum Gasteiger partial charge on any atom is 0.241 e. The van der Waals surface area contributed by atoms with E-state index in [0.717, 1.165) is 0 Å². The predicted octanol–water partition coefficient (Wildman–Crippen LogP) is 0.561. The number of morpholine rings is 1. The number of amides is 1. The van der Waals surface area contributed by atoms with Gasteiger partial charge in [0.25, 0.3) is 0 Å². The van der Waals surface area contributed by atoms with Crippen molar-refractivity contribution in [3.8, 4) is 0 Å². The third-order valence-corrected chi connectivity index (χ3v) is 5.18. The first-order chi connectivity index (χ1) is 9.38. The number of nitrogens with zero attached hydrogens (tertiary/aromatic N) is 1. The minimum Gasteiger partial charge on any atom is -0.378 e. The Morgan fingerprint density at radius 2 is 2.15 bits per heavy atom. The number of ether oxygens (including phenoxy) is 1. The smallest absolute Gasteiger partial charge is 0.241 e. The van der Waals surface area contributed by atoms with E-state index in [9.17, 15) is 13.2 Å². The van der Waals surface area contributed by atoms with Gasteiger partial charge in [-0.25, -0.2) is 8.42 Å². The summed E-state index contributed by atoms with van der Waals surface area (Å²) in [4.78, 5) is 12.1. The van der Waals surface area contributed by atoms with E-state index >= 15 is 0 Å². The molecule has 1 N–H and O–H groups in total. The highest BCUT2D eigenvalue weighted by Crippen LogP contribution is 2.15. The van der Waals surface area contributed by atoms with Crippen LogP contribution in [0.3, 0.4) is 0 Å². The number of hydrogen-bond acceptors (Lipinski definition) is 4. The lowest BCUT2D eigenvalue weighted by atomic mass is 10.2. The summed E-state index contributed by atoms with van der Waals surface area (Å²) in [6.45, 7) is 4.31. The molecule has 0 aromatic rings. The van der Waals surface area contributed by atoms with E-state index in [0.29, 0.717) is 25.3 Å². The van der Waals surface area contributed by atoms with Crippen molar-refractivity contribution in [2.24, 2.45) is 0 Å². The van der Waals surface area contributed by atoms with Crippen LogP contribution in [0.1, 0.15) is 26.7 Å². The summed E-state index contributed by atoms with van der Waals surface area (Å²) in [5.41, 5.74) is 0. The van der Waals surface area contributed by atoms with Crippen LogP contribution in [-0.2, 0) is 19.6 Å². The first kappa shape index (κ1) is 17.7. The molecule has 1 fully saturated rings. The van der Waals surface area contributed by atoms with Gasteiger partial charge in [0.05, 0.1) is 19.0 Å². The van der Waals surface area contributed by atoms with E-state index in [4.69, 9.17) is 16.3 Å². The summed E-state index contributed by atoms with van der Waals surface area (Å²) >= 11 is 5.56. The molecule has 6 nitrogen and oxygen atoms in total. The molecule has 8 heteroatoms. The van der Waals surface area contributed by atoms with Crippen LogP contribution < -0.4 is 5.32 Å². The van der Waals surface area contributed by atoms with Crippen molar-refractivity contribution in [1.29, 1.82) is 0 Å². The molecule has 0 saturated carbocycles. The number of rotatable bonds is 7. The van der Waals surface area contributed by atoms with Crippen LogP contribution in [0.15, 0.2) is 0 Å². The van der Waals surface area contributed by atoms with Crippen molar-refractivity contribution in [2.75, 3.05) is 31.4 Å². The Hall–Kier alpha value is -0.370. The molecule has 0 radical (unpaired) electrons. The molecule has 0 bridgehead atoms. The third kappa shape index (κ3) is 5.20. The Bertz CT molecular complexity index is 414. The minimum atomic E-state index is -3.45. The van der Waals surface area contributed by atoms with E-state index in [2.05, 4.69) is 5.32 Å². The second kappa shape index (κ2) is 8.17. The van der Waals surface area contributed by atoms with Crippen molar-refractivity contribution in [1.82, 2.24) is 9.62 Å².